The SMILES string of the molecule is CC(C)c1cc(-c2ccccc2)ccc1-n1c(-c2cc(C(C)(C)C)cc(C(C)(C)C)c2O)nc2c(-c3cc(-c4ccccn4)cc4c3oc3ccccc34)cccc21. The van der Waals surface area contributed by atoms with Crippen molar-refractivity contribution in [2.45, 2.75) is 72.1 Å². The Morgan fingerprint density at radius 1 is 0.621 bits per heavy atom. The van der Waals surface area contributed by atoms with E-state index >= 15 is 0 Å². The fourth-order valence-corrected chi connectivity index (χ4v) is 8.29. The highest BCUT2D eigenvalue weighted by molar-refractivity contribution is 6.13. The van der Waals surface area contributed by atoms with Gasteiger partial charge in [0.2, 0.25) is 0 Å². The first-order chi connectivity index (χ1) is 27.8. The smallest absolute Gasteiger partial charge is 0.149 e. The lowest BCUT2D eigenvalue weighted by Crippen LogP contribution is -2.17. The van der Waals surface area contributed by atoms with Crippen molar-refractivity contribution in [3.8, 4) is 56.3 Å². The molecular weight excluding hydrogens is 711 g/mol. The molecule has 0 radical (unpaired) electrons. The van der Waals surface area contributed by atoms with Crippen LogP contribution in [0.2, 0.25) is 0 Å². The number of phenolic OH excluding ortho intramolecular Hbond substituents is 1. The van der Waals surface area contributed by atoms with E-state index in [1.165, 1.54) is 11.1 Å². The van der Waals surface area contributed by atoms with Gasteiger partial charge < -0.3 is 9.52 Å². The summed E-state index contributed by atoms with van der Waals surface area (Å²) in [6.45, 7) is 17.6. The van der Waals surface area contributed by atoms with Gasteiger partial charge in [-0.3, -0.25) is 9.55 Å². The third-order valence-electron chi connectivity index (χ3n) is 11.4. The molecule has 0 aliphatic rings. The van der Waals surface area contributed by atoms with Gasteiger partial charge in [-0.2, -0.15) is 0 Å². The molecule has 0 unspecified atom stereocenters. The Labute approximate surface area is 340 Å². The maximum Gasteiger partial charge on any atom is 0.149 e. The Morgan fingerprint density at radius 2 is 1.38 bits per heavy atom. The van der Waals surface area contributed by atoms with E-state index in [1.54, 1.807) is 0 Å². The highest BCUT2D eigenvalue weighted by Crippen LogP contribution is 2.47. The minimum atomic E-state index is -0.318. The first-order valence-corrected chi connectivity index (χ1v) is 20.2. The molecule has 3 heterocycles. The van der Waals surface area contributed by atoms with Gasteiger partial charge in [-0.05, 0) is 93.6 Å². The van der Waals surface area contributed by atoms with Gasteiger partial charge in [0.05, 0.1) is 28.0 Å². The summed E-state index contributed by atoms with van der Waals surface area (Å²) in [5.74, 6) is 1.13. The normalized spacial score (nSPS) is 12.4. The summed E-state index contributed by atoms with van der Waals surface area (Å²) in [6, 6.07) is 46.6. The van der Waals surface area contributed by atoms with Gasteiger partial charge in [0.25, 0.3) is 0 Å². The van der Waals surface area contributed by atoms with Crippen LogP contribution in [0.25, 0.3) is 83.6 Å². The highest BCUT2D eigenvalue weighted by Gasteiger charge is 2.30. The fourth-order valence-electron chi connectivity index (χ4n) is 8.29. The minimum absolute atomic E-state index is 0.177. The molecule has 0 aliphatic heterocycles. The van der Waals surface area contributed by atoms with Crippen molar-refractivity contribution in [3.05, 3.63) is 156 Å². The van der Waals surface area contributed by atoms with E-state index in [4.69, 9.17) is 14.4 Å². The second-order valence-corrected chi connectivity index (χ2v) is 17.9. The molecule has 9 rings (SSSR count). The van der Waals surface area contributed by atoms with Gasteiger partial charge in [0, 0.05) is 39.2 Å². The largest absolute Gasteiger partial charge is 0.507 e. The number of nitrogens with zero attached hydrogens (tertiary/aromatic N) is 3. The number of rotatable bonds is 6. The Balaban J connectivity index is 1.41. The van der Waals surface area contributed by atoms with E-state index in [9.17, 15) is 5.11 Å². The predicted molar refractivity (Wildman–Crippen MR) is 241 cm³/mol. The van der Waals surface area contributed by atoms with Crippen molar-refractivity contribution < 1.29 is 9.52 Å². The molecule has 0 saturated carbocycles. The summed E-state index contributed by atoms with van der Waals surface area (Å²) in [4.78, 5) is 10.4. The molecule has 3 aromatic heterocycles. The monoisotopic (exact) mass is 759 g/mol. The lowest BCUT2D eigenvalue weighted by molar-refractivity contribution is 0.446. The minimum Gasteiger partial charge on any atom is -0.507 e. The zero-order chi connectivity index (χ0) is 40.5. The lowest BCUT2D eigenvalue weighted by Gasteiger charge is -2.28. The molecular formula is C53H49N3O2. The molecule has 0 spiro atoms. The van der Waals surface area contributed by atoms with Gasteiger partial charge in [0.1, 0.15) is 22.7 Å². The van der Waals surface area contributed by atoms with Crippen molar-refractivity contribution in [1.29, 1.82) is 0 Å². The molecule has 0 bridgehead atoms. The van der Waals surface area contributed by atoms with Gasteiger partial charge in [-0.1, -0.05) is 134 Å². The number of aromatic nitrogens is 3. The highest BCUT2D eigenvalue weighted by atomic mass is 16.3. The maximum absolute atomic E-state index is 12.4. The zero-order valence-corrected chi connectivity index (χ0v) is 34.6. The van der Waals surface area contributed by atoms with Gasteiger partial charge in [-0.15, -0.1) is 0 Å². The molecule has 0 fully saturated rings. The maximum atomic E-state index is 12.4. The van der Waals surface area contributed by atoms with Crippen molar-refractivity contribution in [2.24, 2.45) is 0 Å². The Morgan fingerprint density at radius 3 is 2.10 bits per heavy atom. The molecule has 5 heteroatoms. The van der Waals surface area contributed by atoms with Crippen LogP contribution >= 0.6 is 0 Å². The number of para-hydroxylation sites is 2. The number of hydrogen-bond donors (Lipinski definition) is 1. The molecule has 1 N–H and O–H groups in total. The van der Waals surface area contributed by atoms with Crippen LogP contribution in [0.5, 0.6) is 5.75 Å². The van der Waals surface area contributed by atoms with Crippen LogP contribution in [-0.4, -0.2) is 19.6 Å². The molecule has 0 aliphatic carbocycles. The molecule has 0 saturated heterocycles. The topological polar surface area (TPSA) is 64.1 Å². The third-order valence-corrected chi connectivity index (χ3v) is 11.4. The number of imidazole rings is 1. The van der Waals surface area contributed by atoms with E-state index in [2.05, 4.69) is 163 Å². The summed E-state index contributed by atoms with van der Waals surface area (Å²) < 4.78 is 8.99. The van der Waals surface area contributed by atoms with E-state index < -0.39 is 0 Å². The van der Waals surface area contributed by atoms with Crippen molar-refractivity contribution in [2.75, 3.05) is 0 Å². The summed E-state index contributed by atoms with van der Waals surface area (Å²) >= 11 is 0. The van der Waals surface area contributed by atoms with Crippen LogP contribution < -0.4 is 0 Å². The molecule has 9 aromatic rings. The second kappa shape index (κ2) is 13.9. The number of hydrogen-bond acceptors (Lipinski definition) is 4. The summed E-state index contributed by atoms with van der Waals surface area (Å²) in [5.41, 5.74) is 13.9. The molecule has 288 valence electrons. The Bertz CT molecular complexity index is 2990. The van der Waals surface area contributed by atoms with Crippen LogP contribution in [0.1, 0.15) is 78.0 Å². The molecule has 58 heavy (non-hydrogen) atoms. The standard InChI is InChI=1S/C53H49N3O2/c1-32(2)39-27-34(33-17-10-9-11-18-33)24-25-45(39)56-46-22-16-20-38(48(46)55-51(56)42-30-36(52(3,4)5)31-43(49(42)57)53(6,7)8)41-29-35(44-21-14-15-26-54-44)28-40-37-19-12-13-23-47(37)58-50(40)41/h9-32,57H,1-8H3. The fraction of sp³-hybridized carbons (Fsp3) is 0.208. The molecule has 0 amide bonds. The second-order valence-electron chi connectivity index (χ2n) is 17.9. The average Bonchev–Trinajstić information content (AvgIpc) is 3.79. The summed E-state index contributed by atoms with van der Waals surface area (Å²) in [7, 11) is 0. The number of benzene rings is 6. The number of phenols is 1. The van der Waals surface area contributed by atoms with Crippen LogP contribution in [0, 0.1) is 0 Å². The van der Waals surface area contributed by atoms with Gasteiger partial charge in [-0.25, -0.2) is 4.98 Å². The average molecular weight is 760 g/mol. The molecule has 5 nitrogen and oxygen atoms in total. The molecule has 6 aromatic carbocycles. The molecule has 0 atom stereocenters. The van der Waals surface area contributed by atoms with E-state index in [1.807, 2.05) is 36.5 Å². The third kappa shape index (κ3) is 6.35. The number of pyridine rings is 1. The van der Waals surface area contributed by atoms with E-state index in [-0.39, 0.29) is 22.5 Å². The van der Waals surface area contributed by atoms with Gasteiger partial charge in [0.15, 0.2) is 0 Å². The predicted octanol–water partition coefficient (Wildman–Crippen LogP) is 14.4. The van der Waals surface area contributed by atoms with Crippen molar-refractivity contribution >= 4 is 33.0 Å². The van der Waals surface area contributed by atoms with Crippen molar-refractivity contribution in [1.82, 2.24) is 14.5 Å². The summed E-state index contributed by atoms with van der Waals surface area (Å²) in [6.07, 6.45) is 1.83. The van der Waals surface area contributed by atoms with Crippen molar-refractivity contribution in [3.63, 3.8) is 0 Å². The first kappa shape index (κ1) is 37.1. The van der Waals surface area contributed by atoms with Crippen LogP contribution in [-0.2, 0) is 10.8 Å². The first-order valence-electron chi connectivity index (χ1n) is 20.2. The zero-order valence-electron chi connectivity index (χ0n) is 34.6. The number of furan rings is 1. The number of fused-ring (bicyclic) bond motifs is 4. The number of aromatic hydroxyl groups is 1. The van der Waals surface area contributed by atoms with E-state index in [0.29, 0.717) is 11.4 Å². The Kier molecular flexibility index (Phi) is 8.89. The lowest BCUT2D eigenvalue weighted by atomic mass is 9.79. The van der Waals surface area contributed by atoms with Gasteiger partial charge >= 0.3 is 0 Å². The van der Waals surface area contributed by atoms with Crippen LogP contribution in [0.3, 0.4) is 0 Å². The Hall–Kier alpha value is -6.46. The van der Waals surface area contributed by atoms with Crippen LogP contribution in [0.4, 0.5) is 0 Å². The van der Waals surface area contributed by atoms with Crippen LogP contribution in [0.15, 0.2) is 144 Å². The van der Waals surface area contributed by atoms with E-state index in [0.717, 1.165) is 77.7 Å². The quantitative estimate of drug-likeness (QED) is 0.183. The summed E-state index contributed by atoms with van der Waals surface area (Å²) in [5, 5.41) is 14.5.